The Kier molecular flexibility index (Phi) is 30.2. The van der Waals surface area contributed by atoms with Crippen LogP contribution in [-0.4, -0.2) is 230 Å². The number of benzene rings is 6. The molecule has 24 nitrogen and oxygen atoms in total. The number of piperidine rings is 3. The van der Waals surface area contributed by atoms with Gasteiger partial charge in [-0.2, -0.15) is 0 Å². The first-order chi connectivity index (χ1) is 57.4. The summed E-state index contributed by atoms with van der Waals surface area (Å²) in [6.07, 6.45) is 11.4. The highest BCUT2D eigenvalue weighted by atomic mass is 32.2. The predicted molar refractivity (Wildman–Crippen MR) is 472 cm³/mol. The number of ether oxygens (including phenoxy) is 1. The third-order valence-electron chi connectivity index (χ3n) is 24.2. The zero-order valence-electron chi connectivity index (χ0n) is 69.4. The highest BCUT2D eigenvalue weighted by Gasteiger charge is 2.47. The van der Waals surface area contributed by atoms with Gasteiger partial charge in [-0.15, -0.1) is 35.3 Å². The number of likely N-dealkylation sites (tertiary alicyclic amines) is 3. The summed E-state index contributed by atoms with van der Waals surface area (Å²) in [4.78, 5) is 136. The second kappa shape index (κ2) is 41.0. The molecule has 6 unspecified atom stereocenters. The lowest BCUT2D eigenvalue weighted by molar-refractivity contribution is -0.137. The van der Waals surface area contributed by atoms with Crippen molar-refractivity contribution in [3.63, 3.8) is 0 Å². The highest BCUT2D eigenvalue weighted by molar-refractivity contribution is 8.02. The second-order valence-corrected chi connectivity index (χ2v) is 39.2. The number of fused-ring (bicyclic) bond motifs is 3. The molecule has 28 heteroatoms. The molecular weight excluding hydrogens is 1580 g/mol. The number of sulfone groups is 1. The number of rotatable bonds is 26. The molecule has 9 aliphatic heterocycles. The molecule has 3 N–H and O–H groups in total. The number of carbonyl (C=O) groups excluding carboxylic acids is 9. The monoisotopic (exact) mass is 1700 g/mol. The average molecular weight is 1700 g/mol. The summed E-state index contributed by atoms with van der Waals surface area (Å²) in [5, 5.41) is 7.60. The second-order valence-electron chi connectivity index (χ2n) is 33.2. The number of aryl methyl sites for hydroxylation is 1. The van der Waals surface area contributed by atoms with Crippen molar-refractivity contribution in [1.29, 1.82) is 0 Å². The standard InChI is InChI=1S/C31H40N4O3S.C30H38N4O5S2.C30H38N4O4S.H2/c1-22(2)14-19-34-29(13-12-23-8-4-3-5-9-23)39-27(30(34)37)20-28(36)33-17-15-25(16-18-33)35-21-24-10-6-7-11-26(24)32-31(35)38;1-20(2)12-17-33-28(36)26(40-29(33)21-8-10-24(11-9-21)41(3,38)39)18-27(35)32-15-13-23(14-16-32)34-19-22-6-4-5-7-25(22)31-30(34)37;1-2-38-20-8-16-34-28(36)26(39-29(34)23-10-4-3-5-11-23)21-27(35)32-17-14-24(15-18-32)33-19-13-22-9-6-7-12-25(22)31-30(33)37;/h3-11,22,25,27,29H,12-21H2,1-2H3,(H,32,38);4-11,20,23,26,29H,12-19H2,1-3H3,(H,31,37);3-7,9-12,24,26,29H,2,8,13-21H2,1H3,(H,31,37);1H. The Morgan fingerprint density at radius 1 is 0.462 bits per heavy atom. The molecule has 9 aliphatic rings. The Hall–Kier alpha value is -9.09. The van der Waals surface area contributed by atoms with Crippen LogP contribution in [-0.2, 0) is 69.3 Å². The van der Waals surface area contributed by atoms with E-state index in [1.54, 1.807) is 47.8 Å². The van der Waals surface area contributed by atoms with Gasteiger partial charge in [-0.3, -0.25) is 28.8 Å². The molecule has 12 amide bonds. The van der Waals surface area contributed by atoms with Gasteiger partial charge in [0.25, 0.3) is 0 Å². The number of carbonyl (C=O) groups is 9. The van der Waals surface area contributed by atoms with Crippen LogP contribution in [0.2, 0.25) is 0 Å². The molecule has 6 fully saturated rings. The third-order valence-corrected chi connectivity index (χ3v) is 29.8. The van der Waals surface area contributed by atoms with Crippen molar-refractivity contribution in [2.24, 2.45) is 11.8 Å². The summed E-state index contributed by atoms with van der Waals surface area (Å²) in [6.45, 7) is 19.2. The predicted octanol–water partition coefficient (Wildman–Crippen LogP) is 14.6. The van der Waals surface area contributed by atoms with Crippen molar-refractivity contribution < 1.29 is 57.7 Å². The minimum Gasteiger partial charge on any atom is -0.382 e. The van der Waals surface area contributed by atoms with E-state index in [0.717, 1.165) is 116 Å². The molecule has 6 saturated heterocycles. The normalized spacial score (nSPS) is 21.9. The van der Waals surface area contributed by atoms with Crippen LogP contribution in [0, 0.1) is 11.8 Å². The minimum atomic E-state index is -3.32. The Labute approximate surface area is 715 Å². The van der Waals surface area contributed by atoms with Crippen LogP contribution < -0.4 is 16.0 Å². The topological polar surface area (TPSA) is 262 Å². The van der Waals surface area contributed by atoms with Gasteiger partial charge in [-0.25, -0.2) is 22.8 Å². The number of amides is 12. The number of hydrogen-bond acceptors (Lipinski definition) is 15. The molecule has 6 atom stereocenters. The maximum Gasteiger partial charge on any atom is 0.322 e. The zero-order valence-corrected chi connectivity index (χ0v) is 72.7. The Bertz CT molecular complexity index is 4650. The van der Waals surface area contributed by atoms with Crippen molar-refractivity contribution in [2.45, 2.75) is 199 Å². The van der Waals surface area contributed by atoms with E-state index in [1.165, 1.54) is 23.6 Å². The first kappa shape index (κ1) is 87.7. The molecule has 0 aliphatic carbocycles. The number of hydrogen-bond donors (Lipinski definition) is 3. The first-order valence-electron chi connectivity index (χ1n) is 42.6. The summed E-state index contributed by atoms with van der Waals surface area (Å²) in [5.41, 5.74) is 9.21. The molecule has 638 valence electrons. The molecule has 0 bridgehead atoms. The van der Waals surface area contributed by atoms with Crippen molar-refractivity contribution in [3.8, 4) is 0 Å². The summed E-state index contributed by atoms with van der Waals surface area (Å²) in [7, 11) is -3.32. The van der Waals surface area contributed by atoms with Gasteiger partial charge in [0.2, 0.25) is 35.4 Å². The van der Waals surface area contributed by atoms with E-state index < -0.39 is 15.1 Å². The Morgan fingerprint density at radius 3 is 1.31 bits per heavy atom. The fourth-order valence-corrected chi connectivity index (χ4v) is 22.4. The number of anilines is 3. The quantitative estimate of drug-likeness (QED) is 0.0426. The molecule has 15 rings (SSSR count). The SMILES string of the molecule is CC(C)CCN1C(=O)C(CC(=O)N2CCC(N3Cc4ccccc4NC3=O)CC2)SC1CCc1ccccc1.CC(C)CCN1C(=O)C(CC(=O)N2CCC(N3Cc4ccccc4NC3=O)CC2)SC1c1ccc(S(C)(=O)=O)cc1.CCOCCCN1C(=O)C(CC(=O)N2CCC(N3CCc4ccccc4NC3=O)CC2)SC1c1ccccc1.[HH]. The molecule has 6 aromatic carbocycles. The largest absolute Gasteiger partial charge is 0.382 e. The van der Waals surface area contributed by atoms with Gasteiger partial charge in [-0.05, 0) is 160 Å². The van der Waals surface area contributed by atoms with Crippen LogP contribution >= 0.6 is 35.3 Å². The Balaban J connectivity index is 0.000000164. The van der Waals surface area contributed by atoms with Crippen LogP contribution in [0.3, 0.4) is 0 Å². The van der Waals surface area contributed by atoms with E-state index in [-0.39, 0.29) is 124 Å². The lowest BCUT2D eigenvalue weighted by atomic mass is 10.0. The smallest absolute Gasteiger partial charge is 0.322 e. The van der Waals surface area contributed by atoms with E-state index in [1.807, 2.05) is 154 Å². The summed E-state index contributed by atoms with van der Waals surface area (Å²) < 4.78 is 29.3. The number of nitrogens with zero attached hydrogens (tertiary/aromatic N) is 9. The van der Waals surface area contributed by atoms with Crippen LogP contribution in [0.1, 0.15) is 164 Å². The molecule has 0 saturated carbocycles. The molecule has 6 aromatic rings. The van der Waals surface area contributed by atoms with Gasteiger partial charge in [0.1, 0.15) is 10.7 Å². The lowest BCUT2D eigenvalue weighted by Gasteiger charge is -2.40. The van der Waals surface area contributed by atoms with Crippen molar-refractivity contribution in [3.05, 3.63) is 191 Å². The maximum absolute atomic E-state index is 13.5. The number of thioether (sulfide) groups is 3. The summed E-state index contributed by atoms with van der Waals surface area (Å²) in [6, 6.07) is 50.9. The lowest BCUT2D eigenvalue weighted by Crippen LogP contribution is -2.51. The van der Waals surface area contributed by atoms with E-state index in [0.29, 0.717) is 110 Å². The molecule has 119 heavy (non-hydrogen) atoms. The maximum atomic E-state index is 13.5. The zero-order chi connectivity index (χ0) is 83.9. The van der Waals surface area contributed by atoms with Gasteiger partial charge in [-0.1, -0.05) is 155 Å². The molecule has 0 aromatic heterocycles. The first-order valence-corrected chi connectivity index (χ1v) is 47.3. The van der Waals surface area contributed by atoms with Crippen molar-refractivity contribution >= 4 is 116 Å². The van der Waals surface area contributed by atoms with Crippen LogP contribution in [0.4, 0.5) is 31.4 Å². The van der Waals surface area contributed by atoms with Gasteiger partial charge >= 0.3 is 18.1 Å². The fourth-order valence-electron chi connectivity index (χ4n) is 17.3. The van der Waals surface area contributed by atoms with E-state index in [9.17, 15) is 51.6 Å². The van der Waals surface area contributed by atoms with Crippen molar-refractivity contribution in [2.75, 3.05) is 101 Å². The molecular formula is C91H118N12O12S4. The summed E-state index contributed by atoms with van der Waals surface area (Å²) >= 11 is 4.73. The number of nitrogens with one attached hydrogen (secondary N) is 3. The van der Waals surface area contributed by atoms with E-state index in [4.69, 9.17) is 4.74 Å². The number of para-hydroxylation sites is 3. The fraction of sp³-hybridized carbons (Fsp3) is 0.505. The highest BCUT2D eigenvalue weighted by Crippen LogP contribution is 2.47. The minimum absolute atomic E-state index is 0. The third kappa shape index (κ3) is 22.4. The molecule has 0 spiro atoms. The van der Waals surface area contributed by atoms with E-state index in [2.05, 4.69) is 74.0 Å². The summed E-state index contributed by atoms with van der Waals surface area (Å²) in [5.74, 6) is 1.09. The molecule has 9 heterocycles. The van der Waals surface area contributed by atoms with Gasteiger partial charge < -0.3 is 64.8 Å². The Morgan fingerprint density at radius 2 is 0.849 bits per heavy atom. The molecule has 0 radical (unpaired) electrons. The van der Waals surface area contributed by atoms with Gasteiger partial charge in [0.05, 0.1) is 26.0 Å². The van der Waals surface area contributed by atoms with Crippen LogP contribution in [0.25, 0.3) is 0 Å². The van der Waals surface area contributed by atoms with Crippen LogP contribution in [0.5, 0.6) is 0 Å². The van der Waals surface area contributed by atoms with E-state index >= 15 is 0 Å². The van der Waals surface area contributed by atoms with Gasteiger partial charge in [0, 0.05) is 154 Å². The number of urea groups is 3. The average Bonchev–Trinajstić information content (AvgIpc) is 1.65. The van der Waals surface area contributed by atoms with Crippen LogP contribution in [0.15, 0.2) is 163 Å². The van der Waals surface area contributed by atoms with Crippen molar-refractivity contribution in [1.82, 2.24) is 44.1 Å². The van der Waals surface area contributed by atoms with Gasteiger partial charge in [0.15, 0.2) is 9.84 Å².